The van der Waals surface area contributed by atoms with E-state index < -0.39 is 17.6 Å². The highest BCUT2D eigenvalue weighted by Crippen LogP contribution is 2.32. The lowest BCUT2D eigenvalue weighted by atomic mass is 10.3. The van der Waals surface area contributed by atoms with Crippen molar-refractivity contribution in [2.75, 3.05) is 18.8 Å². The van der Waals surface area contributed by atoms with E-state index in [0.717, 1.165) is 0 Å². The number of nitrogens with one attached hydrogen (secondary N) is 3. The van der Waals surface area contributed by atoms with Gasteiger partial charge >= 0.3 is 0 Å². The highest BCUT2D eigenvalue weighted by Gasteiger charge is 2.27. The molecular weight excluding hydrogens is 287 g/mol. The molecule has 1 rings (SSSR count). The van der Waals surface area contributed by atoms with Crippen molar-refractivity contribution in [1.29, 1.82) is 0 Å². The first kappa shape index (κ1) is 16.1. The van der Waals surface area contributed by atoms with Gasteiger partial charge in [-0.3, -0.25) is 4.57 Å². The standard InChI is InChI=1S/C10H19N4O3PS/c1-3-12-18(15,13-4-2)14-19(16,17)10-7-5-9(11)6-8-10/h5-8H,3-4,11H2,1-2H3,(H3,12,13,14,15). The molecule has 0 aromatic heterocycles. The quantitative estimate of drug-likeness (QED) is 0.439. The molecule has 0 aliphatic carbocycles. The summed E-state index contributed by atoms with van der Waals surface area (Å²) >= 11 is 0. The number of hydrogen-bond acceptors (Lipinski definition) is 4. The summed E-state index contributed by atoms with van der Waals surface area (Å²) in [5, 5.41) is 5.25. The van der Waals surface area contributed by atoms with Crippen LogP contribution in [-0.2, 0) is 14.6 Å². The molecule has 1 aromatic rings. The number of rotatable bonds is 7. The van der Waals surface area contributed by atoms with Gasteiger partial charge in [-0.1, -0.05) is 13.8 Å². The zero-order valence-electron chi connectivity index (χ0n) is 10.9. The maximum absolute atomic E-state index is 12.3. The van der Waals surface area contributed by atoms with Gasteiger partial charge in [0.05, 0.1) is 4.90 Å². The number of benzene rings is 1. The van der Waals surface area contributed by atoms with Crippen LogP contribution < -0.4 is 20.4 Å². The Hall–Kier alpha value is -0.920. The smallest absolute Gasteiger partial charge is 0.292 e. The largest absolute Gasteiger partial charge is 0.399 e. The van der Waals surface area contributed by atoms with Crippen LogP contribution in [0.5, 0.6) is 0 Å². The average molecular weight is 306 g/mol. The lowest BCUT2D eigenvalue weighted by molar-refractivity contribution is 0.547. The van der Waals surface area contributed by atoms with Gasteiger partial charge in [0.2, 0.25) is 10.0 Å². The molecule has 19 heavy (non-hydrogen) atoms. The Bertz CT molecular complexity index is 549. The third-order valence-electron chi connectivity index (χ3n) is 2.20. The van der Waals surface area contributed by atoms with Crippen LogP contribution in [0, 0.1) is 0 Å². The highest BCUT2D eigenvalue weighted by molar-refractivity contribution is 7.95. The van der Waals surface area contributed by atoms with Gasteiger partial charge in [0.1, 0.15) is 0 Å². The average Bonchev–Trinajstić information content (AvgIpc) is 2.28. The van der Waals surface area contributed by atoms with Crippen molar-refractivity contribution in [1.82, 2.24) is 14.7 Å². The van der Waals surface area contributed by atoms with E-state index in [1.54, 1.807) is 13.8 Å². The van der Waals surface area contributed by atoms with Crippen LogP contribution in [-0.4, -0.2) is 21.5 Å². The van der Waals surface area contributed by atoms with Crippen molar-refractivity contribution >= 4 is 23.3 Å². The molecule has 0 fully saturated rings. The SMILES string of the molecule is CCNP(=O)(NCC)NS(=O)(=O)c1ccc(N)cc1. The fraction of sp³-hybridized carbons (Fsp3) is 0.400. The van der Waals surface area contributed by atoms with Crippen LogP contribution >= 0.6 is 7.59 Å². The predicted octanol–water partition coefficient (Wildman–Crippen LogP) is 0.874. The number of sulfonamides is 1. The van der Waals surface area contributed by atoms with Crippen LogP contribution in [0.15, 0.2) is 29.2 Å². The molecular formula is C10H19N4O3PS. The van der Waals surface area contributed by atoms with Gasteiger partial charge in [-0.25, -0.2) is 18.6 Å². The summed E-state index contributed by atoms with van der Waals surface area (Å²) in [6.07, 6.45) is 0. The van der Waals surface area contributed by atoms with Gasteiger partial charge in [0.25, 0.3) is 7.59 Å². The summed E-state index contributed by atoms with van der Waals surface area (Å²) in [4.78, 5) is 0.0118. The van der Waals surface area contributed by atoms with Crippen LogP contribution in [0.3, 0.4) is 0 Å². The molecule has 7 nitrogen and oxygen atoms in total. The predicted molar refractivity (Wildman–Crippen MR) is 76.1 cm³/mol. The lowest BCUT2D eigenvalue weighted by Gasteiger charge is -2.20. The van der Waals surface area contributed by atoms with Crippen molar-refractivity contribution < 1.29 is 13.0 Å². The normalized spacial score (nSPS) is 12.5. The number of anilines is 1. The van der Waals surface area contributed by atoms with Gasteiger partial charge in [-0.05, 0) is 24.3 Å². The molecule has 0 heterocycles. The second kappa shape index (κ2) is 6.49. The first-order chi connectivity index (χ1) is 8.83. The maximum Gasteiger partial charge on any atom is 0.292 e. The fourth-order valence-electron chi connectivity index (χ4n) is 1.43. The molecule has 0 amide bonds. The second-order valence-corrected chi connectivity index (χ2v) is 7.86. The zero-order chi connectivity index (χ0) is 14.5. The van der Waals surface area contributed by atoms with E-state index in [4.69, 9.17) is 5.73 Å². The molecule has 1 aromatic carbocycles. The molecule has 0 bridgehead atoms. The molecule has 108 valence electrons. The molecule has 5 N–H and O–H groups in total. The van der Waals surface area contributed by atoms with Gasteiger partial charge in [0.15, 0.2) is 0 Å². The minimum absolute atomic E-state index is 0.0118. The van der Waals surface area contributed by atoms with Gasteiger partial charge in [-0.2, -0.15) is 0 Å². The van der Waals surface area contributed by atoms with E-state index in [1.165, 1.54) is 24.3 Å². The Balaban J connectivity index is 3.00. The zero-order valence-corrected chi connectivity index (χ0v) is 12.6. The molecule has 0 aliphatic heterocycles. The highest BCUT2D eigenvalue weighted by atomic mass is 32.2. The van der Waals surface area contributed by atoms with Crippen molar-refractivity contribution in [2.24, 2.45) is 0 Å². The summed E-state index contributed by atoms with van der Waals surface area (Å²) in [5.41, 5.74) is 5.96. The van der Waals surface area contributed by atoms with Crippen molar-refractivity contribution in [3.8, 4) is 0 Å². The number of nitrogens with two attached hydrogens (primary N) is 1. The van der Waals surface area contributed by atoms with Crippen LogP contribution in [0.2, 0.25) is 0 Å². The third-order valence-corrected chi connectivity index (χ3v) is 6.61. The molecule has 0 radical (unpaired) electrons. The Labute approximate surface area is 113 Å². The molecule has 0 saturated carbocycles. The Morgan fingerprint density at radius 2 is 1.58 bits per heavy atom. The summed E-state index contributed by atoms with van der Waals surface area (Å²) < 4.78 is 38.7. The Morgan fingerprint density at radius 3 is 2.00 bits per heavy atom. The molecule has 0 aliphatic rings. The van der Waals surface area contributed by atoms with E-state index in [-0.39, 0.29) is 4.90 Å². The van der Waals surface area contributed by atoms with E-state index in [0.29, 0.717) is 18.8 Å². The number of hydrogen-bond donors (Lipinski definition) is 4. The van der Waals surface area contributed by atoms with E-state index in [2.05, 4.69) is 14.7 Å². The first-order valence-corrected chi connectivity index (χ1v) is 9.02. The van der Waals surface area contributed by atoms with Gasteiger partial charge in [0, 0.05) is 18.8 Å². The summed E-state index contributed by atoms with van der Waals surface area (Å²) in [6, 6.07) is 5.67. The third kappa shape index (κ3) is 4.59. The molecule has 0 saturated heterocycles. The van der Waals surface area contributed by atoms with Crippen LogP contribution in [0.4, 0.5) is 5.69 Å². The summed E-state index contributed by atoms with van der Waals surface area (Å²) in [5.74, 6) is 0. The van der Waals surface area contributed by atoms with Crippen molar-refractivity contribution in [2.45, 2.75) is 18.7 Å². The number of nitrogen functional groups attached to an aromatic ring is 1. The lowest BCUT2D eigenvalue weighted by Crippen LogP contribution is -2.35. The second-order valence-electron chi connectivity index (χ2n) is 3.80. The minimum atomic E-state index is -3.87. The Morgan fingerprint density at radius 1 is 1.11 bits per heavy atom. The van der Waals surface area contributed by atoms with Crippen LogP contribution in [0.25, 0.3) is 0 Å². The van der Waals surface area contributed by atoms with E-state index in [9.17, 15) is 13.0 Å². The molecule has 0 atom stereocenters. The monoisotopic (exact) mass is 306 g/mol. The summed E-state index contributed by atoms with van der Waals surface area (Å²) in [7, 11) is -7.26. The maximum atomic E-state index is 12.3. The fourth-order valence-corrected chi connectivity index (χ4v) is 5.22. The minimum Gasteiger partial charge on any atom is -0.399 e. The van der Waals surface area contributed by atoms with Gasteiger partial charge < -0.3 is 5.73 Å². The van der Waals surface area contributed by atoms with Crippen molar-refractivity contribution in [3.63, 3.8) is 0 Å². The van der Waals surface area contributed by atoms with Crippen LogP contribution in [0.1, 0.15) is 13.8 Å². The molecule has 0 spiro atoms. The summed E-state index contributed by atoms with van der Waals surface area (Å²) in [6.45, 7) is 4.21. The topological polar surface area (TPSA) is 113 Å². The van der Waals surface area contributed by atoms with E-state index >= 15 is 0 Å². The van der Waals surface area contributed by atoms with E-state index in [1.807, 2.05) is 0 Å². The van der Waals surface area contributed by atoms with Gasteiger partial charge in [-0.15, -0.1) is 4.49 Å². The van der Waals surface area contributed by atoms with Crippen molar-refractivity contribution in [3.05, 3.63) is 24.3 Å². The molecule has 0 unspecified atom stereocenters. The first-order valence-electron chi connectivity index (χ1n) is 5.83. The Kier molecular flexibility index (Phi) is 5.51. The molecule has 9 heteroatoms.